The van der Waals surface area contributed by atoms with Crippen LogP contribution >= 0.6 is 11.6 Å². The van der Waals surface area contributed by atoms with Gasteiger partial charge in [-0.05, 0) is 117 Å². The molecule has 4 nitrogen and oxygen atoms in total. The number of hydrogen-bond acceptors (Lipinski definition) is 4. The normalized spacial score (nSPS) is 35.5. The molecule has 5 heteroatoms. The Hall–Kier alpha value is -2.01. The van der Waals surface area contributed by atoms with E-state index in [1.165, 1.54) is 49.9 Å². The molecule has 208 valence electrons. The van der Waals surface area contributed by atoms with Crippen LogP contribution in [0.3, 0.4) is 0 Å². The summed E-state index contributed by atoms with van der Waals surface area (Å²) in [7, 11) is 0. The Balaban J connectivity index is 1.19. The summed E-state index contributed by atoms with van der Waals surface area (Å²) in [5, 5.41) is 11.0. The lowest BCUT2D eigenvalue weighted by molar-refractivity contribution is -0.101. The summed E-state index contributed by atoms with van der Waals surface area (Å²) in [6, 6.07) is 13.0. The highest BCUT2D eigenvalue weighted by Crippen LogP contribution is 2.69. The first-order valence-corrected chi connectivity index (χ1v) is 15.6. The minimum atomic E-state index is -0.134. The SMILES string of the molecule is C[C@]12C[C@H](c3ccc(OCCN4CCCCC4)cc3)[C@@H]3c4ccc(O)c(Cl)c4CC[C@H]3[C@@H]1CC[C@@]21C=CCO1. The van der Waals surface area contributed by atoms with Crippen LogP contribution < -0.4 is 4.74 Å². The van der Waals surface area contributed by atoms with Crippen LogP contribution in [0.25, 0.3) is 0 Å². The van der Waals surface area contributed by atoms with Gasteiger partial charge >= 0.3 is 0 Å². The zero-order valence-electron chi connectivity index (χ0n) is 23.2. The number of fused-ring (bicyclic) bond motifs is 6. The van der Waals surface area contributed by atoms with Crippen molar-refractivity contribution in [2.24, 2.45) is 17.3 Å². The van der Waals surface area contributed by atoms with Crippen molar-refractivity contribution < 1.29 is 14.6 Å². The Morgan fingerprint density at radius 3 is 2.67 bits per heavy atom. The van der Waals surface area contributed by atoms with Crippen LogP contribution in [0.5, 0.6) is 11.5 Å². The fourth-order valence-electron chi connectivity index (χ4n) is 9.37. The largest absolute Gasteiger partial charge is 0.506 e. The highest BCUT2D eigenvalue weighted by atomic mass is 35.5. The van der Waals surface area contributed by atoms with Crippen molar-refractivity contribution in [2.75, 3.05) is 32.8 Å². The lowest BCUT2D eigenvalue weighted by atomic mass is 9.49. The van der Waals surface area contributed by atoms with Gasteiger partial charge in [0.05, 0.1) is 17.2 Å². The first-order valence-electron chi connectivity index (χ1n) is 15.3. The fraction of sp³-hybridized carbons (Fsp3) is 0.588. The van der Waals surface area contributed by atoms with Crippen LogP contribution in [-0.4, -0.2) is 48.5 Å². The first kappa shape index (κ1) is 25.9. The van der Waals surface area contributed by atoms with Crippen molar-refractivity contribution in [3.63, 3.8) is 0 Å². The molecule has 0 amide bonds. The second-order valence-electron chi connectivity index (χ2n) is 13.0. The number of halogens is 1. The molecular formula is C34H42ClNO3. The highest BCUT2D eigenvalue weighted by molar-refractivity contribution is 6.32. The smallest absolute Gasteiger partial charge is 0.134 e. The zero-order valence-corrected chi connectivity index (χ0v) is 24.0. The Bertz CT molecular complexity index is 1240. The number of nitrogens with zero attached hydrogens (tertiary/aromatic N) is 1. The Morgan fingerprint density at radius 2 is 1.90 bits per heavy atom. The molecule has 2 aliphatic heterocycles. The van der Waals surface area contributed by atoms with E-state index in [0.717, 1.165) is 56.8 Å². The lowest BCUT2D eigenvalue weighted by Gasteiger charge is -2.56. The number of piperidine rings is 1. The van der Waals surface area contributed by atoms with Crippen molar-refractivity contribution in [1.82, 2.24) is 4.90 Å². The average Bonchev–Trinajstić information content (AvgIpc) is 3.56. The first-order chi connectivity index (χ1) is 19.0. The number of likely N-dealkylation sites (tertiary alicyclic amines) is 1. The van der Waals surface area contributed by atoms with Crippen LogP contribution in [0.2, 0.25) is 5.02 Å². The molecular weight excluding hydrogens is 506 g/mol. The number of hydrogen-bond donors (Lipinski definition) is 1. The maximum absolute atomic E-state index is 10.4. The van der Waals surface area contributed by atoms with Crippen LogP contribution in [0.4, 0.5) is 0 Å². The Labute approximate surface area is 238 Å². The van der Waals surface area contributed by atoms with Gasteiger partial charge in [0.15, 0.2) is 0 Å². The van der Waals surface area contributed by atoms with Crippen molar-refractivity contribution in [2.45, 2.75) is 75.7 Å². The van der Waals surface area contributed by atoms with Crippen molar-refractivity contribution >= 4 is 11.6 Å². The molecule has 0 bridgehead atoms. The summed E-state index contributed by atoms with van der Waals surface area (Å²) in [6.07, 6.45) is 14.1. The summed E-state index contributed by atoms with van der Waals surface area (Å²) in [5.41, 5.74) is 3.87. The molecule has 0 unspecified atom stereocenters. The molecule has 0 radical (unpaired) electrons. The number of phenols is 1. The minimum Gasteiger partial charge on any atom is -0.506 e. The van der Waals surface area contributed by atoms with Gasteiger partial charge in [-0.3, -0.25) is 4.90 Å². The molecule has 6 atom stereocenters. The third kappa shape index (κ3) is 4.24. The van der Waals surface area contributed by atoms with E-state index >= 15 is 0 Å². The number of benzene rings is 2. The van der Waals surface area contributed by atoms with Crippen molar-refractivity contribution in [3.8, 4) is 11.5 Å². The van der Waals surface area contributed by atoms with Gasteiger partial charge in [-0.1, -0.05) is 55.3 Å². The lowest BCUT2D eigenvalue weighted by Crippen LogP contribution is -2.52. The molecule has 1 N–H and O–H groups in total. The maximum atomic E-state index is 10.4. The van der Waals surface area contributed by atoms with Gasteiger partial charge in [0.1, 0.15) is 18.1 Å². The predicted octanol–water partition coefficient (Wildman–Crippen LogP) is 7.49. The van der Waals surface area contributed by atoms with Gasteiger partial charge < -0.3 is 14.6 Å². The molecule has 39 heavy (non-hydrogen) atoms. The molecule has 2 aromatic carbocycles. The minimum absolute atomic E-state index is 0.105. The van der Waals surface area contributed by atoms with Gasteiger partial charge in [0.25, 0.3) is 0 Å². The van der Waals surface area contributed by atoms with E-state index in [4.69, 9.17) is 21.1 Å². The summed E-state index contributed by atoms with van der Waals surface area (Å²) in [6.45, 7) is 7.41. The molecule has 7 rings (SSSR count). The van der Waals surface area contributed by atoms with Gasteiger partial charge in [-0.25, -0.2) is 0 Å². The van der Waals surface area contributed by atoms with E-state index in [2.05, 4.69) is 54.3 Å². The van der Waals surface area contributed by atoms with Crippen LogP contribution in [0.1, 0.15) is 80.4 Å². The predicted molar refractivity (Wildman–Crippen MR) is 156 cm³/mol. The molecule has 3 fully saturated rings. The van der Waals surface area contributed by atoms with Gasteiger partial charge in [-0.2, -0.15) is 0 Å². The quantitative estimate of drug-likeness (QED) is 0.394. The number of rotatable bonds is 5. The molecule has 0 aromatic heterocycles. The molecule has 3 aliphatic carbocycles. The molecule has 5 aliphatic rings. The maximum Gasteiger partial charge on any atom is 0.134 e. The summed E-state index contributed by atoms with van der Waals surface area (Å²) in [5.74, 6) is 3.14. The van der Waals surface area contributed by atoms with E-state index < -0.39 is 0 Å². The van der Waals surface area contributed by atoms with E-state index in [1.807, 2.05) is 6.07 Å². The second kappa shape index (κ2) is 10.1. The molecule has 1 spiro atoms. The fourth-order valence-corrected chi connectivity index (χ4v) is 9.63. The van der Waals surface area contributed by atoms with Gasteiger partial charge in [0.2, 0.25) is 0 Å². The topological polar surface area (TPSA) is 41.9 Å². The average molecular weight is 548 g/mol. The van der Waals surface area contributed by atoms with E-state index in [0.29, 0.717) is 28.7 Å². The third-order valence-corrected chi connectivity index (χ3v) is 11.7. The van der Waals surface area contributed by atoms with Crippen LogP contribution in [0, 0.1) is 17.3 Å². The zero-order chi connectivity index (χ0) is 26.6. The van der Waals surface area contributed by atoms with E-state index in [1.54, 1.807) is 0 Å². The van der Waals surface area contributed by atoms with E-state index in [9.17, 15) is 5.11 Å². The second-order valence-corrected chi connectivity index (χ2v) is 13.4. The molecule has 2 aromatic rings. The van der Waals surface area contributed by atoms with Crippen molar-refractivity contribution in [3.05, 3.63) is 70.3 Å². The van der Waals surface area contributed by atoms with Gasteiger partial charge in [0, 0.05) is 12.0 Å². The highest BCUT2D eigenvalue weighted by Gasteiger charge is 2.64. The van der Waals surface area contributed by atoms with Crippen LogP contribution in [-0.2, 0) is 11.2 Å². The molecule has 2 heterocycles. The third-order valence-electron chi connectivity index (χ3n) is 11.3. The number of phenolic OH excluding ortho intramolecular Hbond substituents is 1. The van der Waals surface area contributed by atoms with Crippen LogP contribution in [0.15, 0.2) is 48.6 Å². The summed E-state index contributed by atoms with van der Waals surface area (Å²) < 4.78 is 12.8. The molecule has 1 saturated heterocycles. The Kier molecular flexibility index (Phi) is 6.73. The van der Waals surface area contributed by atoms with E-state index in [-0.39, 0.29) is 16.8 Å². The number of aromatic hydroxyl groups is 1. The Morgan fingerprint density at radius 1 is 1.08 bits per heavy atom. The summed E-state index contributed by atoms with van der Waals surface area (Å²) in [4.78, 5) is 2.53. The number of ether oxygens (including phenoxy) is 2. The summed E-state index contributed by atoms with van der Waals surface area (Å²) >= 11 is 6.70. The monoisotopic (exact) mass is 547 g/mol. The van der Waals surface area contributed by atoms with Crippen molar-refractivity contribution in [1.29, 1.82) is 0 Å². The standard InChI is InChI=1S/C34H42ClNO3/c1-33-22-28(23-6-8-24(9-7-23)38-21-19-36-17-3-2-4-18-36)31-25-12-13-30(37)32(35)26(25)10-11-27(31)29(33)14-16-34(33)15-5-20-39-34/h5-9,12-13,15,27-29,31,37H,2-4,10-11,14,16-22H2,1H3/t27-,28+,29-,31+,33-,34-/m0/s1. The van der Waals surface area contributed by atoms with Gasteiger partial charge in [-0.15, -0.1) is 0 Å². The molecule has 2 saturated carbocycles.